The Labute approximate surface area is 223 Å². The fourth-order valence-electron chi connectivity index (χ4n) is 4.86. The Balaban J connectivity index is 1.50. The van der Waals surface area contributed by atoms with Crippen molar-refractivity contribution in [2.75, 3.05) is 0 Å². The number of imidazole rings is 1. The van der Waals surface area contributed by atoms with Crippen molar-refractivity contribution < 1.29 is 9.90 Å². The van der Waals surface area contributed by atoms with Gasteiger partial charge < -0.3 is 5.11 Å². The van der Waals surface area contributed by atoms with Crippen molar-refractivity contribution in [1.29, 1.82) is 0 Å². The summed E-state index contributed by atoms with van der Waals surface area (Å²) in [5.74, 6) is -0.912. The quantitative estimate of drug-likeness (QED) is 0.354. The molecule has 0 bridgehead atoms. The number of aryl methyl sites for hydroxylation is 2. The molecule has 4 aromatic heterocycles. The number of benzene rings is 2. The standard InChI is InChI=1S/C30H26N6O3/c1-30(2,28(37)38)21-7-9-22(10-8-21)36-27-23-13-18(5-12-25(23)32-16-26(27)35(4)29(36)39)19-6-11-24(31-14-19)20-15-33-34(3)17-20/h5-17H,1-4H3,(H,37,38). The van der Waals surface area contributed by atoms with Crippen molar-refractivity contribution in [1.82, 2.24) is 28.9 Å². The Morgan fingerprint density at radius 1 is 0.872 bits per heavy atom. The predicted molar refractivity (Wildman–Crippen MR) is 150 cm³/mol. The summed E-state index contributed by atoms with van der Waals surface area (Å²) in [6, 6.07) is 17.1. The van der Waals surface area contributed by atoms with Crippen LogP contribution < -0.4 is 5.69 Å². The van der Waals surface area contributed by atoms with E-state index in [1.54, 1.807) is 71.4 Å². The molecular weight excluding hydrogens is 492 g/mol. The minimum atomic E-state index is -1.05. The molecule has 9 heteroatoms. The maximum absolute atomic E-state index is 13.4. The first-order valence-electron chi connectivity index (χ1n) is 12.4. The smallest absolute Gasteiger partial charge is 0.333 e. The molecule has 2 aromatic carbocycles. The summed E-state index contributed by atoms with van der Waals surface area (Å²) in [5.41, 5.74) is 5.90. The van der Waals surface area contributed by atoms with Crippen molar-refractivity contribution in [3.63, 3.8) is 0 Å². The van der Waals surface area contributed by atoms with Crippen LogP contribution in [0, 0.1) is 0 Å². The molecule has 0 spiro atoms. The average molecular weight is 519 g/mol. The highest BCUT2D eigenvalue weighted by molar-refractivity contribution is 6.04. The van der Waals surface area contributed by atoms with Crippen LogP contribution in [0.2, 0.25) is 0 Å². The molecule has 0 atom stereocenters. The van der Waals surface area contributed by atoms with Gasteiger partial charge in [0.15, 0.2) is 0 Å². The van der Waals surface area contributed by atoms with E-state index in [0.717, 1.165) is 38.8 Å². The van der Waals surface area contributed by atoms with Gasteiger partial charge in [-0.3, -0.25) is 28.6 Å². The molecule has 6 aromatic rings. The largest absolute Gasteiger partial charge is 0.481 e. The number of nitrogens with zero attached hydrogens (tertiary/aromatic N) is 6. The van der Waals surface area contributed by atoms with E-state index >= 15 is 0 Å². The van der Waals surface area contributed by atoms with Crippen molar-refractivity contribution in [3.8, 4) is 28.1 Å². The lowest BCUT2D eigenvalue weighted by molar-refractivity contribution is -0.142. The first-order valence-corrected chi connectivity index (χ1v) is 12.4. The van der Waals surface area contributed by atoms with Crippen molar-refractivity contribution in [2.45, 2.75) is 19.3 Å². The molecule has 1 N–H and O–H groups in total. The second kappa shape index (κ2) is 8.76. The van der Waals surface area contributed by atoms with Crippen LogP contribution in [0.1, 0.15) is 19.4 Å². The van der Waals surface area contributed by atoms with Crippen LogP contribution in [0.15, 0.2) is 84.2 Å². The summed E-state index contributed by atoms with van der Waals surface area (Å²) in [7, 11) is 3.59. The number of pyridine rings is 2. The van der Waals surface area contributed by atoms with E-state index in [1.807, 2.05) is 49.8 Å². The Kier molecular flexibility index (Phi) is 5.46. The lowest BCUT2D eigenvalue weighted by Gasteiger charge is -2.20. The van der Waals surface area contributed by atoms with Gasteiger partial charge >= 0.3 is 11.7 Å². The summed E-state index contributed by atoms with van der Waals surface area (Å²) in [4.78, 5) is 34.4. The number of aromatic nitrogens is 6. The SMILES string of the molecule is Cn1cc(-c2ccc(-c3ccc4ncc5c(c4c3)n(-c3ccc(C(C)(C)C(=O)O)cc3)c(=O)n5C)cn2)cn1. The molecule has 0 unspecified atom stereocenters. The Hall–Kier alpha value is -5.05. The second-order valence-electron chi connectivity index (χ2n) is 10.2. The number of hydrogen-bond donors (Lipinski definition) is 1. The summed E-state index contributed by atoms with van der Waals surface area (Å²) in [5, 5.41) is 14.7. The van der Waals surface area contributed by atoms with Gasteiger partial charge in [0.2, 0.25) is 0 Å². The molecule has 6 rings (SSSR count). The molecule has 39 heavy (non-hydrogen) atoms. The number of hydrogen-bond acceptors (Lipinski definition) is 5. The number of rotatable bonds is 5. The van der Waals surface area contributed by atoms with Gasteiger partial charge in [-0.1, -0.05) is 24.3 Å². The van der Waals surface area contributed by atoms with Gasteiger partial charge in [-0.05, 0) is 55.3 Å². The third-order valence-electron chi connectivity index (χ3n) is 7.36. The van der Waals surface area contributed by atoms with Crippen molar-refractivity contribution in [3.05, 3.63) is 95.4 Å². The first-order chi connectivity index (χ1) is 18.6. The van der Waals surface area contributed by atoms with Crippen LogP contribution in [0.3, 0.4) is 0 Å². The molecule has 0 amide bonds. The van der Waals surface area contributed by atoms with Gasteiger partial charge in [0.25, 0.3) is 0 Å². The van der Waals surface area contributed by atoms with Crippen molar-refractivity contribution in [2.24, 2.45) is 14.1 Å². The average Bonchev–Trinajstić information content (AvgIpc) is 3.49. The number of aliphatic carboxylic acids is 1. The molecule has 0 saturated carbocycles. The highest BCUT2D eigenvalue weighted by atomic mass is 16.4. The van der Waals surface area contributed by atoms with Crippen LogP contribution in [0.5, 0.6) is 0 Å². The molecule has 0 radical (unpaired) electrons. The number of carboxylic acid groups (broad SMARTS) is 1. The number of fused-ring (bicyclic) bond motifs is 3. The number of carbonyl (C=O) groups is 1. The zero-order valence-electron chi connectivity index (χ0n) is 22.0. The van der Waals surface area contributed by atoms with E-state index in [2.05, 4.69) is 15.1 Å². The Morgan fingerprint density at radius 2 is 1.62 bits per heavy atom. The zero-order valence-corrected chi connectivity index (χ0v) is 22.0. The zero-order chi connectivity index (χ0) is 27.5. The summed E-state index contributed by atoms with van der Waals surface area (Å²) in [6.07, 6.45) is 7.24. The van der Waals surface area contributed by atoms with Crippen LogP contribution >= 0.6 is 0 Å². The van der Waals surface area contributed by atoms with Crippen molar-refractivity contribution >= 4 is 27.9 Å². The summed E-state index contributed by atoms with van der Waals surface area (Å²) < 4.78 is 4.98. The molecule has 194 valence electrons. The molecular formula is C30H26N6O3. The Bertz CT molecular complexity index is 1940. The van der Waals surface area contributed by atoms with E-state index in [-0.39, 0.29) is 5.69 Å². The fourth-order valence-corrected chi connectivity index (χ4v) is 4.86. The minimum Gasteiger partial charge on any atom is -0.481 e. The van der Waals surface area contributed by atoms with Crippen LogP contribution in [0.25, 0.3) is 50.0 Å². The van der Waals surface area contributed by atoms with E-state index in [9.17, 15) is 14.7 Å². The van der Waals surface area contributed by atoms with Gasteiger partial charge in [0.05, 0.1) is 45.7 Å². The minimum absolute atomic E-state index is 0.211. The fraction of sp³-hybridized carbons (Fsp3) is 0.167. The normalized spacial score (nSPS) is 11.9. The third-order valence-corrected chi connectivity index (χ3v) is 7.36. The molecule has 9 nitrogen and oxygen atoms in total. The Morgan fingerprint density at radius 3 is 2.26 bits per heavy atom. The van der Waals surface area contributed by atoms with Gasteiger partial charge in [-0.2, -0.15) is 5.10 Å². The highest BCUT2D eigenvalue weighted by Gasteiger charge is 2.29. The van der Waals surface area contributed by atoms with E-state index in [1.165, 1.54) is 0 Å². The predicted octanol–water partition coefficient (Wildman–Crippen LogP) is 4.70. The maximum Gasteiger partial charge on any atom is 0.333 e. The summed E-state index contributed by atoms with van der Waals surface area (Å²) >= 11 is 0. The lowest BCUT2D eigenvalue weighted by Crippen LogP contribution is -2.28. The monoisotopic (exact) mass is 518 g/mol. The summed E-state index contributed by atoms with van der Waals surface area (Å²) in [6.45, 7) is 3.32. The van der Waals surface area contributed by atoms with E-state index < -0.39 is 11.4 Å². The molecule has 0 fully saturated rings. The lowest BCUT2D eigenvalue weighted by atomic mass is 9.85. The topological polar surface area (TPSA) is 108 Å². The second-order valence-corrected chi connectivity index (χ2v) is 10.2. The van der Waals surface area contributed by atoms with Gasteiger partial charge in [-0.15, -0.1) is 0 Å². The third kappa shape index (κ3) is 3.90. The highest BCUT2D eigenvalue weighted by Crippen LogP contribution is 2.31. The van der Waals surface area contributed by atoms with Crippen LogP contribution in [-0.2, 0) is 24.3 Å². The first kappa shape index (κ1) is 24.3. The maximum atomic E-state index is 13.4. The molecule has 0 aliphatic carbocycles. The molecule has 0 aliphatic heterocycles. The number of carboxylic acids is 1. The molecule has 4 heterocycles. The van der Waals surface area contributed by atoms with Crippen LogP contribution in [-0.4, -0.2) is 40.0 Å². The van der Waals surface area contributed by atoms with E-state index in [4.69, 9.17) is 0 Å². The van der Waals surface area contributed by atoms with Gasteiger partial charge in [-0.25, -0.2) is 4.79 Å². The molecule has 0 aliphatic rings. The van der Waals surface area contributed by atoms with Crippen LogP contribution in [0.4, 0.5) is 0 Å². The molecule has 0 saturated heterocycles. The van der Waals surface area contributed by atoms with Gasteiger partial charge in [0, 0.05) is 43.0 Å². The van der Waals surface area contributed by atoms with E-state index in [0.29, 0.717) is 16.8 Å². The van der Waals surface area contributed by atoms with Gasteiger partial charge in [0.1, 0.15) is 0 Å².